The van der Waals surface area contributed by atoms with Gasteiger partial charge in [0.1, 0.15) is 5.75 Å². The van der Waals surface area contributed by atoms with E-state index >= 15 is 0 Å². The number of methoxy groups -OCH3 is 1. The third kappa shape index (κ3) is 2.22. The summed E-state index contributed by atoms with van der Waals surface area (Å²) < 4.78 is 5.19. The van der Waals surface area contributed by atoms with E-state index in [0.717, 1.165) is 17.1 Å². The van der Waals surface area contributed by atoms with Crippen molar-refractivity contribution in [3.8, 4) is 5.75 Å². The highest BCUT2D eigenvalue weighted by Gasteiger charge is 2.29. The van der Waals surface area contributed by atoms with Crippen molar-refractivity contribution < 1.29 is 9.84 Å². The lowest BCUT2D eigenvalue weighted by molar-refractivity contribution is 0.301. The maximum Gasteiger partial charge on any atom is 0.121 e. The Morgan fingerprint density at radius 1 is 1.50 bits per heavy atom. The van der Waals surface area contributed by atoms with Gasteiger partial charge in [-0.3, -0.25) is 0 Å². The molecule has 4 heteroatoms. The van der Waals surface area contributed by atoms with Crippen LogP contribution in [-0.2, 0) is 0 Å². The summed E-state index contributed by atoms with van der Waals surface area (Å²) in [7, 11) is 1.64. The van der Waals surface area contributed by atoms with Gasteiger partial charge in [0.15, 0.2) is 0 Å². The van der Waals surface area contributed by atoms with Crippen molar-refractivity contribution in [2.45, 2.75) is 18.9 Å². The number of nitrogen functional groups attached to an aromatic ring is 1. The van der Waals surface area contributed by atoms with Crippen LogP contribution in [0.3, 0.4) is 0 Å². The number of nitrogens with zero attached hydrogens (tertiary/aromatic N) is 1. The quantitative estimate of drug-likeness (QED) is 0.736. The minimum absolute atomic E-state index is 0.146. The molecule has 88 valence electrons. The topological polar surface area (TPSA) is 58.7 Å². The van der Waals surface area contributed by atoms with Crippen molar-refractivity contribution >= 4 is 11.4 Å². The Morgan fingerprint density at radius 3 is 2.81 bits per heavy atom. The average Bonchev–Trinajstić information content (AvgIpc) is 3.11. The third-order valence-corrected chi connectivity index (χ3v) is 2.88. The van der Waals surface area contributed by atoms with E-state index < -0.39 is 0 Å². The molecule has 3 N–H and O–H groups in total. The number of aliphatic hydroxyl groups excluding tert-OH is 1. The van der Waals surface area contributed by atoms with Crippen LogP contribution in [0.4, 0.5) is 11.4 Å². The Morgan fingerprint density at radius 2 is 2.25 bits per heavy atom. The maximum absolute atomic E-state index is 9.08. The summed E-state index contributed by atoms with van der Waals surface area (Å²) in [4.78, 5) is 2.16. The molecule has 1 aromatic carbocycles. The van der Waals surface area contributed by atoms with Crippen LogP contribution in [0.2, 0.25) is 0 Å². The molecule has 0 aromatic heterocycles. The first-order valence-corrected chi connectivity index (χ1v) is 5.57. The van der Waals surface area contributed by atoms with E-state index in [1.54, 1.807) is 7.11 Å². The van der Waals surface area contributed by atoms with Gasteiger partial charge >= 0.3 is 0 Å². The lowest BCUT2D eigenvalue weighted by atomic mass is 10.2. The van der Waals surface area contributed by atoms with Crippen molar-refractivity contribution in [1.82, 2.24) is 0 Å². The molecule has 0 aliphatic heterocycles. The summed E-state index contributed by atoms with van der Waals surface area (Å²) in [6, 6.07) is 6.16. The summed E-state index contributed by atoms with van der Waals surface area (Å²) in [6.07, 6.45) is 2.35. The van der Waals surface area contributed by atoms with E-state index in [1.165, 1.54) is 12.8 Å². The van der Waals surface area contributed by atoms with Crippen LogP contribution in [-0.4, -0.2) is 31.4 Å². The average molecular weight is 222 g/mol. The highest BCUT2D eigenvalue weighted by atomic mass is 16.5. The number of rotatable bonds is 5. The SMILES string of the molecule is COc1ccc(N)c(N(CCO)C2CC2)c1. The zero-order chi connectivity index (χ0) is 11.5. The van der Waals surface area contributed by atoms with E-state index in [4.69, 9.17) is 15.6 Å². The Kier molecular flexibility index (Phi) is 3.19. The second kappa shape index (κ2) is 4.61. The van der Waals surface area contributed by atoms with Crippen LogP contribution in [0, 0.1) is 0 Å². The van der Waals surface area contributed by atoms with Crippen molar-refractivity contribution in [3.05, 3.63) is 18.2 Å². The molecule has 16 heavy (non-hydrogen) atoms. The van der Waals surface area contributed by atoms with Gasteiger partial charge in [-0.05, 0) is 25.0 Å². The number of hydrogen-bond donors (Lipinski definition) is 2. The first-order valence-electron chi connectivity index (χ1n) is 5.57. The zero-order valence-electron chi connectivity index (χ0n) is 9.52. The second-order valence-corrected chi connectivity index (χ2v) is 4.07. The Balaban J connectivity index is 2.27. The summed E-state index contributed by atoms with van der Waals surface area (Å²) in [5.74, 6) is 0.799. The monoisotopic (exact) mass is 222 g/mol. The predicted molar refractivity (Wildman–Crippen MR) is 64.9 cm³/mol. The molecule has 0 bridgehead atoms. The van der Waals surface area contributed by atoms with Crippen LogP contribution < -0.4 is 15.4 Å². The van der Waals surface area contributed by atoms with Crippen molar-refractivity contribution in [1.29, 1.82) is 0 Å². The summed E-state index contributed by atoms with van der Waals surface area (Å²) in [5.41, 5.74) is 7.67. The molecule has 0 saturated heterocycles. The highest BCUT2D eigenvalue weighted by Crippen LogP contribution is 2.36. The molecular formula is C12H18N2O2. The van der Waals surface area contributed by atoms with Crippen molar-refractivity contribution in [2.75, 3.05) is 30.9 Å². The maximum atomic E-state index is 9.08. The molecule has 0 unspecified atom stereocenters. The van der Waals surface area contributed by atoms with E-state index in [-0.39, 0.29) is 6.61 Å². The molecule has 1 aliphatic carbocycles. The van der Waals surface area contributed by atoms with Crippen LogP contribution in [0.5, 0.6) is 5.75 Å². The fourth-order valence-electron chi connectivity index (χ4n) is 1.89. The molecule has 1 aliphatic rings. The number of ether oxygens (including phenoxy) is 1. The van der Waals surface area contributed by atoms with Gasteiger partial charge in [0.2, 0.25) is 0 Å². The smallest absolute Gasteiger partial charge is 0.121 e. The Hall–Kier alpha value is -1.42. The first kappa shape index (κ1) is 11.1. The molecule has 1 aromatic rings. The number of benzene rings is 1. The minimum atomic E-state index is 0.146. The minimum Gasteiger partial charge on any atom is -0.497 e. The second-order valence-electron chi connectivity index (χ2n) is 4.07. The summed E-state index contributed by atoms with van der Waals surface area (Å²) in [6.45, 7) is 0.773. The first-order chi connectivity index (χ1) is 7.76. The number of hydrogen-bond acceptors (Lipinski definition) is 4. The van der Waals surface area contributed by atoms with Gasteiger partial charge in [-0.1, -0.05) is 0 Å². The molecule has 0 heterocycles. The molecule has 0 atom stereocenters. The molecule has 0 spiro atoms. The van der Waals surface area contributed by atoms with E-state index in [9.17, 15) is 0 Å². The van der Waals surface area contributed by atoms with Crippen LogP contribution in [0.25, 0.3) is 0 Å². The van der Waals surface area contributed by atoms with Gasteiger partial charge in [-0.2, -0.15) is 0 Å². The molecule has 1 saturated carbocycles. The number of anilines is 2. The zero-order valence-corrected chi connectivity index (χ0v) is 9.52. The summed E-state index contributed by atoms with van der Waals surface area (Å²) >= 11 is 0. The number of aliphatic hydroxyl groups is 1. The molecule has 4 nitrogen and oxygen atoms in total. The molecule has 2 rings (SSSR count). The van der Waals surface area contributed by atoms with Gasteiger partial charge in [0.05, 0.1) is 25.1 Å². The fourth-order valence-corrected chi connectivity index (χ4v) is 1.89. The van der Waals surface area contributed by atoms with Gasteiger partial charge in [-0.25, -0.2) is 0 Å². The Bertz CT molecular complexity index is 364. The standard InChI is InChI=1S/C12H18N2O2/c1-16-10-4-5-11(13)12(8-10)14(6-7-15)9-2-3-9/h4-5,8-9,15H,2-3,6-7,13H2,1H3. The lowest BCUT2D eigenvalue weighted by Gasteiger charge is -2.25. The molecule has 1 fully saturated rings. The lowest BCUT2D eigenvalue weighted by Crippen LogP contribution is -2.29. The largest absolute Gasteiger partial charge is 0.497 e. The van der Waals surface area contributed by atoms with Crippen LogP contribution in [0.1, 0.15) is 12.8 Å². The van der Waals surface area contributed by atoms with Crippen LogP contribution in [0.15, 0.2) is 18.2 Å². The Labute approximate surface area is 95.6 Å². The van der Waals surface area contributed by atoms with E-state index in [0.29, 0.717) is 12.6 Å². The van der Waals surface area contributed by atoms with Crippen LogP contribution >= 0.6 is 0 Å². The predicted octanol–water partition coefficient (Wildman–Crippen LogP) is 1.24. The van der Waals surface area contributed by atoms with Gasteiger partial charge < -0.3 is 20.5 Å². The van der Waals surface area contributed by atoms with E-state index in [1.807, 2.05) is 18.2 Å². The van der Waals surface area contributed by atoms with Gasteiger partial charge in [0, 0.05) is 18.7 Å². The number of nitrogens with two attached hydrogens (primary N) is 1. The van der Waals surface area contributed by atoms with Gasteiger partial charge in [0.25, 0.3) is 0 Å². The summed E-state index contributed by atoms with van der Waals surface area (Å²) in [5, 5.41) is 9.08. The third-order valence-electron chi connectivity index (χ3n) is 2.88. The molecule has 0 radical (unpaired) electrons. The fraction of sp³-hybridized carbons (Fsp3) is 0.500. The molecule has 0 amide bonds. The van der Waals surface area contributed by atoms with Crippen molar-refractivity contribution in [3.63, 3.8) is 0 Å². The normalized spacial score (nSPS) is 14.9. The van der Waals surface area contributed by atoms with E-state index in [2.05, 4.69) is 4.90 Å². The molecular weight excluding hydrogens is 204 g/mol. The van der Waals surface area contributed by atoms with Crippen molar-refractivity contribution in [2.24, 2.45) is 0 Å². The highest BCUT2D eigenvalue weighted by molar-refractivity contribution is 5.70. The van der Waals surface area contributed by atoms with Gasteiger partial charge in [-0.15, -0.1) is 0 Å².